The first kappa shape index (κ1) is 24.0. The molecule has 1 N–H and O–H groups in total. The van der Waals surface area contributed by atoms with Gasteiger partial charge >= 0.3 is 0 Å². The Morgan fingerprint density at radius 2 is 1.67 bits per heavy atom. The van der Waals surface area contributed by atoms with Crippen LogP contribution in [0.5, 0.6) is 0 Å². The molecule has 174 valence electrons. The van der Waals surface area contributed by atoms with Crippen LogP contribution < -0.4 is 5.32 Å². The molecule has 33 heavy (non-hydrogen) atoms. The molecule has 0 bridgehead atoms. The van der Waals surface area contributed by atoms with Crippen LogP contribution in [-0.2, 0) is 18.8 Å². The smallest absolute Gasteiger partial charge is 0.251 e. The van der Waals surface area contributed by atoms with Crippen LogP contribution in [0.2, 0.25) is 0 Å². The Hall–Kier alpha value is -2.19. The second-order valence-corrected chi connectivity index (χ2v) is 10.5. The molecule has 1 aromatic heterocycles. The molecular weight excluding hydrogens is 448 g/mol. The number of carbonyl (C=O) groups is 1. The molecule has 2 heterocycles. The van der Waals surface area contributed by atoms with Crippen LogP contribution in [0, 0.1) is 6.92 Å². The predicted molar refractivity (Wildman–Crippen MR) is 138 cm³/mol. The monoisotopic (exact) mass is 480 g/mol. The fraction of sp³-hybridized carbons (Fsp3) is 0.385. The molecule has 0 saturated carbocycles. The number of nitrogens with one attached hydrogen (secondary N) is 1. The van der Waals surface area contributed by atoms with E-state index in [4.69, 9.17) is 0 Å². The quantitative estimate of drug-likeness (QED) is 0.446. The number of thioether (sulfide) groups is 1. The van der Waals surface area contributed by atoms with Gasteiger partial charge in [0.05, 0.1) is 10.7 Å². The number of amides is 1. The first-order valence-corrected chi connectivity index (χ1v) is 13.4. The summed E-state index contributed by atoms with van der Waals surface area (Å²) in [6.45, 7) is 11.5. The van der Waals surface area contributed by atoms with Crippen molar-refractivity contribution >= 4 is 29.0 Å². The van der Waals surface area contributed by atoms with Gasteiger partial charge in [0, 0.05) is 60.9 Å². The van der Waals surface area contributed by atoms with Gasteiger partial charge in [-0.25, -0.2) is 4.98 Å². The van der Waals surface area contributed by atoms with Crippen LogP contribution in [0.15, 0.2) is 58.8 Å². The zero-order valence-electron chi connectivity index (χ0n) is 19.4. The lowest BCUT2D eigenvalue weighted by atomic mass is 10.1. The zero-order chi connectivity index (χ0) is 23.0. The maximum Gasteiger partial charge on any atom is 0.251 e. The largest absolute Gasteiger partial charge is 0.348 e. The van der Waals surface area contributed by atoms with Gasteiger partial charge in [-0.2, -0.15) is 0 Å². The number of nitrogens with zero attached hydrogens (tertiary/aromatic N) is 3. The predicted octanol–water partition coefficient (Wildman–Crippen LogP) is 4.81. The molecule has 4 rings (SSSR count). The van der Waals surface area contributed by atoms with Crippen molar-refractivity contribution in [2.45, 2.75) is 37.6 Å². The number of likely N-dealkylation sites (N-methyl/N-ethyl adjacent to an activating group) is 1. The molecule has 0 aliphatic carbocycles. The van der Waals surface area contributed by atoms with Gasteiger partial charge in [0.15, 0.2) is 0 Å². The lowest BCUT2D eigenvalue weighted by Gasteiger charge is -2.34. The number of aryl methyl sites for hydroxylation is 1. The molecule has 1 aliphatic heterocycles. The summed E-state index contributed by atoms with van der Waals surface area (Å²) in [5.74, 6) is 0.806. The van der Waals surface area contributed by atoms with Gasteiger partial charge in [-0.1, -0.05) is 31.2 Å². The fourth-order valence-electron chi connectivity index (χ4n) is 3.90. The van der Waals surface area contributed by atoms with E-state index in [0.29, 0.717) is 12.1 Å². The molecule has 3 aromatic rings. The van der Waals surface area contributed by atoms with Crippen molar-refractivity contribution in [3.63, 3.8) is 0 Å². The van der Waals surface area contributed by atoms with E-state index in [-0.39, 0.29) is 5.91 Å². The number of piperazine rings is 1. The van der Waals surface area contributed by atoms with E-state index in [0.717, 1.165) is 66.2 Å². The van der Waals surface area contributed by atoms with Gasteiger partial charge in [0.25, 0.3) is 5.91 Å². The number of aromatic nitrogens is 1. The first-order valence-electron chi connectivity index (χ1n) is 11.5. The highest BCUT2D eigenvalue weighted by molar-refractivity contribution is 7.98. The van der Waals surface area contributed by atoms with Crippen molar-refractivity contribution in [1.29, 1.82) is 0 Å². The fourth-order valence-corrected chi connectivity index (χ4v) is 5.41. The minimum atomic E-state index is -0.0421. The van der Waals surface area contributed by atoms with Crippen molar-refractivity contribution in [3.8, 4) is 0 Å². The maximum atomic E-state index is 12.6. The number of benzene rings is 2. The average molecular weight is 481 g/mol. The molecule has 7 heteroatoms. The summed E-state index contributed by atoms with van der Waals surface area (Å²) in [4.78, 5) is 23.2. The Bertz CT molecular complexity index is 1030. The van der Waals surface area contributed by atoms with Crippen molar-refractivity contribution in [3.05, 3.63) is 81.3 Å². The standard InChI is InChI=1S/C26H32N4OS2/c1-3-29-12-14-30(15-13-29)17-22-6-4-21(5-7-22)16-27-26(31)23-8-10-25(11-9-23)33-19-24-18-32-20(2)28-24/h4-11,18H,3,12-17,19H2,1-2H3,(H,27,31). The Morgan fingerprint density at radius 3 is 2.30 bits per heavy atom. The summed E-state index contributed by atoms with van der Waals surface area (Å²) in [5, 5.41) is 6.23. The van der Waals surface area contributed by atoms with Crippen LogP contribution in [0.3, 0.4) is 0 Å². The maximum absolute atomic E-state index is 12.6. The van der Waals surface area contributed by atoms with E-state index >= 15 is 0 Å². The van der Waals surface area contributed by atoms with E-state index in [2.05, 4.69) is 56.7 Å². The summed E-state index contributed by atoms with van der Waals surface area (Å²) in [5.41, 5.74) is 4.24. The van der Waals surface area contributed by atoms with Crippen molar-refractivity contribution < 1.29 is 4.79 Å². The number of thiazole rings is 1. The summed E-state index contributed by atoms with van der Waals surface area (Å²) in [6.07, 6.45) is 0. The van der Waals surface area contributed by atoms with E-state index in [1.807, 2.05) is 31.2 Å². The molecular formula is C26H32N4OS2. The Labute approximate surface area is 205 Å². The second-order valence-electron chi connectivity index (χ2n) is 8.38. The minimum Gasteiger partial charge on any atom is -0.348 e. The number of hydrogen-bond acceptors (Lipinski definition) is 6. The summed E-state index contributed by atoms with van der Waals surface area (Å²) in [6, 6.07) is 16.4. The zero-order valence-corrected chi connectivity index (χ0v) is 21.1. The highest BCUT2D eigenvalue weighted by atomic mass is 32.2. The van der Waals surface area contributed by atoms with E-state index < -0.39 is 0 Å². The third-order valence-electron chi connectivity index (χ3n) is 5.96. The number of rotatable bonds is 9. The van der Waals surface area contributed by atoms with Gasteiger partial charge in [0.1, 0.15) is 0 Å². The van der Waals surface area contributed by atoms with Crippen molar-refractivity contribution in [1.82, 2.24) is 20.1 Å². The number of carbonyl (C=O) groups excluding carboxylic acids is 1. The van der Waals surface area contributed by atoms with Crippen molar-refractivity contribution in [2.24, 2.45) is 0 Å². The highest BCUT2D eigenvalue weighted by Crippen LogP contribution is 2.24. The molecule has 1 fully saturated rings. The van der Waals surface area contributed by atoms with Gasteiger partial charge in [-0.05, 0) is 48.9 Å². The third kappa shape index (κ3) is 7.14. The molecule has 2 aromatic carbocycles. The second kappa shape index (κ2) is 11.8. The molecule has 1 aliphatic rings. The van der Waals surface area contributed by atoms with Crippen LogP contribution in [0.25, 0.3) is 0 Å². The topological polar surface area (TPSA) is 48.5 Å². The molecule has 1 saturated heterocycles. The molecule has 0 unspecified atom stereocenters. The normalized spacial score (nSPS) is 15.0. The van der Waals surface area contributed by atoms with E-state index in [9.17, 15) is 4.79 Å². The van der Waals surface area contributed by atoms with Crippen molar-refractivity contribution in [2.75, 3.05) is 32.7 Å². The van der Waals surface area contributed by atoms with Gasteiger partial charge < -0.3 is 10.2 Å². The average Bonchev–Trinajstić information content (AvgIpc) is 3.28. The highest BCUT2D eigenvalue weighted by Gasteiger charge is 2.15. The lowest BCUT2D eigenvalue weighted by molar-refractivity contribution is 0.0951. The van der Waals surface area contributed by atoms with Gasteiger partial charge in [-0.3, -0.25) is 9.69 Å². The SMILES string of the molecule is CCN1CCN(Cc2ccc(CNC(=O)c3ccc(SCc4csc(C)n4)cc3)cc2)CC1. The van der Waals surface area contributed by atoms with Crippen LogP contribution in [-0.4, -0.2) is 53.4 Å². The van der Waals surface area contributed by atoms with E-state index in [1.54, 1.807) is 23.1 Å². The molecule has 0 atom stereocenters. The van der Waals surface area contributed by atoms with Crippen LogP contribution >= 0.6 is 23.1 Å². The van der Waals surface area contributed by atoms with Crippen LogP contribution in [0.1, 0.15) is 39.1 Å². The molecule has 0 spiro atoms. The Balaban J connectivity index is 1.21. The van der Waals surface area contributed by atoms with E-state index in [1.165, 1.54) is 5.56 Å². The Morgan fingerprint density at radius 1 is 1.00 bits per heavy atom. The molecule has 0 radical (unpaired) electrons. The minimum absolute atomic E-state index is 0.0421. The summed E-state index contributed by atoms with van der Waals surface area (Å²) < 4.78 is 0. The van der Waals surface area contributed by atoms with Crippen LogP contribution in [0.4, 0.5) is 0 Å². The Kier molecular flexibility index (Phi) is 8.56. The summed E-state index contributed by atoms with van der Waals surface area (Å²) in [7, 11) is 0. The lowest BCUT2D eigenvalue weighted by Crippen LogP contribution is -2.45. The first-order chi connectivity index (χ1) is 16.1. The van der Waals surface area contributed by atoms with Gasteiger partial charge in [0.2, 0.25) is 0 Å². The molecule has 5 nitrogen and oxygen atoms in total. The number of hydrogen-bond donors (Lipinski definition) is 1. The van der Waals surface area contributed by atoms with Gasteiger partial charge in [-0.15, -0.1) is 23.1 Å². The summed E-state index contributed by atoms with van der Waals surface area (Å²) >= 11 is 3.42. The third-order valence-corrected chi connectivity index (χ3v) is 7.83. The molecule has 1 amide bonds.